The summed E-state index contributed by atoms with van der Waals surface area (Å²) in [6.07, 6.45) is 2.54. The number of hydrogen-bond acceptors (Lipinski definition) is 4. The molecule has 3 rings (SSSR count). The van der Waals surface area contributed by atoms with Crippen molar-refractivity contribution in [2.75, 3.05) is 0 Å². The molecular weight excluding hydrogens is 302 g/mol. The highest BCUT2D eigenvalue weighted by molar-refractivity contribution is 5.76. The van der Waals surface area contributed by atoms with Crippen LogP contribution in [0.3, 0.4) is 0 Å². The van der Waals surface area contributed by atoms with Crippen LogP contribution in [-0.4, -0.2) is 25.5 Å². The fourth-order valence-electron chi connectivity index (χ4n) is 2.89. The molecule has 1 amide bonds. The van der Waals surface area contributed by atoms with Crippen LogP contribution in [0.2, 0.25) is 0 Å². The summed E-state index contributed by atoms with van der Waals surface area (Å²) in [5.41, 5.74) is 4.04. The average molecular weight is 323 g/mol. The highest BCUT2D eigenvalue weighted by Crippen LogP contribution is 2.16. The SMILES string of the molecule is Cc1nc2ncnn2c(C)c1CCC(=O)N[C@H](C)c1ccccc1. The second kappa shape index (κ2) is 6.78. The Bertz CT molecular complexity index is 856. The molecule has 6 heteroatoms. The zero-order valence-corrected chi connectivity index (χ0v) is 14.2. The molecular formula is C18H21N5O. The summed E-state index contributed by atoms with van der Waals surface area (Å²) in [7, 11) is 0. The van der Waals surface area contributed by atoms with E-state index in [9.17, 15) is 4.79 Å². The Kier molecular flexibility index (Phi) is 4.55. The van der Waals surface area contributed by atoms with Crippen LogP contribution < -0.4 is 5.32 Å². The Morgan fingerprint density at radius 3 is 2.75 bits per heavy atom. The molecule has 0 radical (unpaired) electrons. The van der Waals surface area contributed by atoms with Crippen molar-refractivity contribution < 1.29 is 4.79 Å². The van der Waals surface area contributed by atoms with E-state index < -0.39 is 0 Å². The third kappa shape index (κ3) is 3.27. The van der Waals surface area contributed by atoms with Crippen LogP contribution in [0.1, 0.15) is 41.9 Å². The predicted molar refractivity (Wildman–Crippen MR) is 91.6 cm³/mol. The molecule has 1 N–H and O–H groups in total. The van der Waals surface area contributed by atoms with E-state index in [0.29, 0.717) is 18.6 Å². The van der Waals surface area contributed by atoms with Gasteiger partial charge >= 0.3 is 0 Å². The number of carbonyl (C=O) groups excluding carboxylic acids is 1. The van der Waals surface area contributed by atoms with Crippen LogP contribution in [-0.2, 0) is 11.2 Å². The van der Waals surface area contributed by atoms with E-state index in [-0.39, 0.29) is 11.9 Å². The molecule has 0 unspecified atom stereocenters. The second-order valence-electron chi connectivity index (χ2n) is 5.93. The minimum atomic E-state index is -0.00295. The number of amides is 1. The van der Waals surface area contributed by atoms with Gasteiger partial charge in [0.05, 0.1) is 6.04 Å². The van der Waals surface area contributed by atoms with Crippen LogP contribution in [0.25, 0.3) is 5.78 Å². The van der Waals surface area contributed by atoms with Crippen LogP contribution in [0.4, 0.5) is 0 Å². The lowest BCUT2D eigenvalue weighted by molar-refractivity contribution is -0.121. The largest absolute Gasteiger partial charge is 0.350 e. The third-order valence-electron chi connectivity index (χ3n) is 4.27. The van der Waals surface area contributed by atoms with Crippen LogP contribution in [0.15, 0.2) is 36.7 Å². The zero-order valence-electron chi connectivity index (χ0n) is 14.2. The maximum absolute atomic E-state index is 12.3. The molecule has 0 fully saturated rings. The number of nitrogens with one attached hydrogen (secondary N) is 1. The Morgan fingerprint density at radius 2 is 2.00 bits per heavy atom. The average Bonchev–Trinajstić information content (AvgIpc) is 3.04. The summed E-state index contributed by atoms with van der Waals surface area (Å²) in [6.45, 7) is 5.92. The van der Waals surface area contributed by atoms with Gasteiger partial charge in [-0.05, 0) is 38.3 Å². The molecule has 0 saturated heterocycles. The number of fused-ring (bicyclic) bond motifs is 1. The molecule has 0 spiro atoms. The van der Waals surface area contributed by atoms with E-state index in [1.54, 1.807) is 4.52 Å². The van der Waals surface area contributed by atoms with Gasteiger partial charge in [0, 0.05) is 17.8 Å². The van der Waals surface area contributed by atoms with Crippen LogP contribution in [0, 0.1) is 13.8 Å². The molecule has 0 aliphatic carbocycles. The molecule has 1 aromatic carbocycles. The standard InChI is InChI=1S/C18H21N5O/c1-12(15-7-5-4-6-8-15)21-17(24)10-9-16-13(2)22-18-19-11-20-23(18)14(16)3/h4-8,11-12H,9-10H2,1-3H3,(H,21,24)/t12-/m1/s1. The Labute approximate surface area is 141 Å². The number of aromatic nitrogens is 4. The van der Waals surface area contributed by atoms with Crippen LogP contribution in [0.5, 0.6) is 0 Å². The van der Waals surface area contributed by atoms with E-state index in [2.05, 4.69) is 20.4 Å². The van der Waals surface area contributed by atoms with E-state index in [0.717, 1.165) is 22.5 Å². The number of hydrogen-bond donors (Lipinski definition) is 1. The lowest BCUT2D eigenvalue weighted by atomic mass is 10.1. The summed E-state index contributed by atoms with van der Waals surface area (Å²) in [5, 5.41) is 7.22. The summed E-state index contributed by atoms with van der Waals surface area (Å²) in [6, 6.07) is 9.95. The maximum Gasteiger partial charge on any atom is 0.252 e. The Hall–Kier alpha value is -2.76. The van der Waals surface area contributed by atoms with Gasteiger partial charge in [-0.2, -0.15) is 10.1 Å². The summed E-state index contributed by atoms with van der Waals surface area (Å²) in [4.78, 5) is 20.8. The topological polar surface area (TPSA) is 72.2 Å². The molecule has 1 atom stereocenters. The van der Waals surface area contributed by atoms with Gasteiger partial charge in [0.1, 0.15) is 6.33 Å². The van der Waals surface area contributed by atoms with Crippen molar-refractivity contribution in [3.63, 3.8) is 0 Å². The molecule has 124 valence electrons. The number of rotatable bonds is 5. The zero-order chi connectivity index (χ0) is 17.1. The highest BCUT2D eigenvalue weighted by Gasteiger charge is 2.14. The quantitative estimate of drug-likeness (QED) is 0.783. The van der Waals surface area contributed by atoms with Crippen molar-refractivity contribution in [1.82, 2.24) is 24.9 Å². The van der Waals surface area contributed by atoms with Crippen molar-refractivity contribution in [2.24, 2.45) is 0 Å². The monoisotopic (exact) mass is 323 g/mol. The second-order valence-corrected chi connectivity index (χ2v) is 5.93. The molecule has 0 bridgehead atoms. The Morgan fingerprint density at radius 1 is 1.25 bits per heavy atom. The minimum Gasteiger partial charge on any atom is -0.350 e. The first-order valence-electron chi connectivity index (χ1n) is 8.06. The fraction of sp³-hybridized carbons (Fsp3) is 0.333. The van der Waals surface area contributed by atoms with Gasteiger partial charge in [0.25, 0.3) is 5.78 Å². The van der Waals surface area contributed by atoms with Crippen molar-refractivity contribution in [3.8, 4) is 0 Å². The molecule has 0 aliphatic heterocycles. The van der Waals surface area contributed by atoms with Crippen molar-refractivity contribution >= 4 is 11.7 Å². The number of benzene rings is 1. The van der Waals surface area contributed by atoms with Gasteiger partial charge in [0.15, 0.2) is 0 Å². The molecule has 6 nitrogen and oxygen atoms in total. The van der Waals surface area contributed by atoms with E-state index in [4.69, 9.17) is 0 Å². The van der Waals surface area contributed by atoms with Crippen LogP contribution >= 0.6 is 0 Å². The third-order valence-corrected chi connectivity index (χ3v) is 4.27. The van der Waals surface area contributed by atoms with Crippen molar-refractivity contribution in [3.05, 3.63) is 59.2 Å². The lowest BCUT2D eigenvalue weighted by Crippen LogP contribution is -2.27. The first-order chi connectivity index (χ1) is 11.6. The highest BCUT2D eigenvalue weighted by atomic mass is 16.1. The number of nitrogens with zero attached hydrogens (tertiary/aromatic N) is 4. The van der Waals surface area contributed by atoms with Gasteiger partial charge in [-0.15, -0.1) is 0 Å². The minimum absolute atomic E-state index is 0.00295. The molecule has 0 aliphatic rings. The van der Waals surface area contributed by atoms with E-state index in [1.807, 2.05) is 51.1 Å². The van der Waals surface area contributed by atoms with E-state index >= 15 is 0 Å². The first kappa shape index (κ1) is 16.1. The lowest BCUT2D eigenvalue weighted by Gasteiger charge is -2.15. The summed E-state index contributed by atoms with van der Waals surface area (Å²) < 4.78 is 1.72. The Balaban J connectivity index is 1.66. The van der Waals surface area contributed by atoms with Crippen molar-refractivity contribution in [1.29, 1.82) is 0 Å². The van der Waals surface area contributed by atoms with Gasteiger partial charge in [-0.3, -0.25) is 4.79 Å². The van der Waals surface area contributed by atoms with Gasteiger partial charge < -0.3 is 5.32 Å². The molecule has 3 aromatic rings. The number of aryl methyl sites for hydroxylation is 2. The smallest absolute Gasteiger partial charge is 0.252 e. The fourth-order valence-corrected chi connectivity index (χ4v) is 2.89. The normalized spacial score (nSPS) is 12.3. The van der Waals surface area contributed by atoms with Gasteiger partial charge in [-0.25, -0.2) is 9.50 Å². The van der Waals surface area contributed by atoms with Gasteiger partial charge in [0.2, 0.25) is 5.91 Å². The number of carbonyl (C=O) groups is 1. The predicted octanol–water partition coefficient (Wildman–Crippen LogP) is 2.55. The maximum atomic E-state index is 12.3. The molecule has 2 aromatic heterocycles. The summed E-state index contributed by atoms with van der Waals surface area (Å²) >= 11 is 0. The summed E-state index contributed by atoms with van der Waals surface area (Å²) in [5.74, 6) is 0.625. The van der Waals surface area contributed by atoms with Crippen molar-refractivity contribution in [2.45, 2.75) is 39.7 Å². The van der Waals surface area contributed by atoms with Gasteiger partial charge in [-0.1, -0.05) is 30.3 Å². The molecule has 0 saturated carbocycles. The van der Waals surface area contributed by atoms with E-state index in [1.165, 1.54) is 6.33 Å². The first-order valence-corrected chi connectivity index (χ1v) is 8.06. The molecule has 24 heavy (non-hydrogen) atoms. The molecule has 2 heterocycles.